The first-order valence-corrected chi connectivity index (χ1v) is 26.5. The molecule has 4 aromatic rings. The van der Waals surface area contributed by atoms with E-state index in [1.165, 1.54) is 17.8 Å². The lowest BCUT2D eigenvalue weighted by Gasteiger charge is -2.42. The number of amides is 1. The molecule has 1 amide bonds. The van der Waals surface area contributed by atoms with E-state index in [2.05, 4.69) is 82.6 Å². The zero-order chi connectivity index (χ0) is 48.4. The van der Waals surface area contributed by atoms with Gasteiger partial charge in [-0.1, -0.05) is 75.4 Å². The van der Waals surface area contributed by atoms with Crippen LogP contribution in [0.2, 0.25) is 18.1 Å². The van der Waals surface area contributed by atoms with Gasteiger partial charge in [0.15, 0.2) is 8.32 Å². The van der Waals surface area contributed by atoms with Crippen LogP contribution in [0.4, 0.5) is 0 Å². The first kappa shape index (κ1) is 52.3. The van der Waals surface area contributed by atoms with Crippen LogP contribution in [0.25, 0.3) is 0 Å². The minimum Gasteiger partial charge on any atom is -0.497 e. The second-order valence-corrected chi connectivity index (χ2v) is 24.5. The van der Waals surface area contributed by atoms with Crippen LogP contribution in [0.3, 0.4) is 0 Å². The Morgan fingerprint density at radius 3 is 1.97 bits per heavy atom. The van der Waals surface area contributed by atoms with Crippen LogP contribution < -0.4 is 26.0 Å². The van der Waals surface area contributed by atoms with Crippen LogP contribution in [0.1, 0.15) is 89.7 Å². The summed E-state index contributed by atoms with van der Waals surface area (Å²) in [6.45, 7) is 18.9. The van der Waals surface area contributed by atoms with E-state index >= 15 is 0 Å². The number of nitrogens with zero attached hydrogens (tertiary/aromatic N) is 3. The first-order valence-electron chi connectivity index (χ1n) is 22.4. The summed E-state index contributed by atoms with van der Waals surface area (Å²) in [5, 5.41) is 11.9. The summed E-state index contributed by atoms with van der Waals surface area (Å²) in [4.78, 5) is 42.2. The molecule has 0 spiro atoms. The van der Waals surface area contributed by atoms with E-state index in [4.69, 9.17) is 32.4 Å². The molecule has 15 nitrogen and oxygen atoms in total. The molecular formula is C49H68N5O10PSi. The lowest BCUT2D eigenvalue weighted by molar-refractivity contribution is -0.120. The summed E-state index contributed by atoms with van der Waals surface area (Å²) < 4.78 is 50.4. The second kappa shape index (κ2) is 22.9. The number of H-pyrrole nitrogens is 1. The van der Waals surface area contributed by atoms with Crippen molar-refractivity contribution in [2.24, 2.45) is 0 Å². The van der Waals surface area contributed by atoms with Crippen molar-refractivity contribution in [1.82, 2.24) is 19.5 Å². The number of rotatable bonds is 22. The predicted molar refractivity (Wildman–Crippen MR) is 258 cm³/mol. The standard InChI is InChI=1S/C49H68N5O10PSi/c1-33(2)54(34(3)4)65(61-30-16-28-50)63-44-41(62-43(45(44)64-66(11,12)48(5,6)7)40-31-53(29-27-42(55)51-8)47(57)52-46(40)56)32-60-49(35-17-14-13-15-18-35,36-19-23-38(58-9)24-20-36)37-21-25-39(59-10)26-22-37/h13-15,17-26,31,33-34,41,43-45H,16,27,29-30,32H2,1-12H3,(H,51,55)(H,52,56,57)/t41-,43+,44-,45+,65?/m1/s1. The maximum absolute atomic E-state index is 14.1. The number of carbonyl (C=O) groups is 1. The molecule has 1 aliphatic rings. The summed E-state index contributed by atoms with van der Waals surface area (Å²) in [5.74, 6) is 1.07. The van der Waals surface area contributed by atoms with Gasteiger partial charge < -0.3 is 37.7 Å². The minimum atomic E-state index is -2.73. The highest BCUT2D eigenvalue weighted by Crippen LogP contribution is 2.53. The molecule has 5 atom stereocenters. The number of benzene rings is 3. The number of nitrogens with one attached hydrogen (secondary N) is 2. The van der Waals surface area contributed by atoms with E-state index < -0.39 is 58.1 Å². The van der Waals surface area contributed by atoms with Crippen molar-refractivity contribution >= 4 is 22.8 Å². The highest BCUT2D eigenvalue weighted by molar-refractivity contribution is 7.44. The average Bonchev–Trinajstić information content (AvgIpc) is 3.60. The molecule has 1 aromatic heterocycles. The van der Waals surface area contributed by atoms with Gasteiger partial charge in [0.2, 0.25) is 5.91 Å². The number of hydrogen-bond donors (Lipinski definition) is 2. The number of nitriles is 1. The van der Waals surface area contributed by atoms with E-state index in [0.717, 1.165) is 16.7 Å². The quantitative estimate of drug-likeness (QED) is 0.0335. The van der Waals surface area contributed by atoms with Crippen molar-refractivity contribution in [3.05, 3.63) is 128 Å². The normalized spacial score (nSPS) is 18.4. The van der Waals surface area contributed by atoms with Gasteiger partial charge in [0.1, 0.15) is 41.5 Å². The SMILES string of the molecule is CNC(=O)CCn1cc([C@@H]2O[C@H](COC(c3ccccc3)(c3ccc(OC)cc3)c3ccc(OC)cc3)[C@@H](OP(OCCC#N)N(C(C)C)C(C)C)[C@H]2O[Si](C)(C)C(C)(C)C)c(=O)[nH]c1=O. The summed E-state index contributed by atoms with van der Waals surface area (Å²) in [5.41, 5.74) is -0.00680. The Hall–Kier alpha value is -4.69. The van der Waals surface area contributed by atoms with Gasteiger partial charge in [0, 0.05) is 38.3 Å². The largest absolute Gasteiger partial charge is 0.497 e. The molecule has 17 heteroatoms. The van der Waals surface area contributed by atoms with Crippen LogP contribution in [-0.4, -0.2) is 93.3 Å². The molecule has 1 unspecified atom stereocenters. The van der Waals surface area contributed by atoms with Crippen molar-refractivity contribution in [1.29, 1.82) is 5.26 Å². The van der Waals surface area contributed by atoms with Crippen molar-refractivity contribution < 1.29 is 37.2 Å². The number of carbonyl (C=O) groups excluding carboxylic acids is 1. The number of aromatic amines is 1. The van der Waals surface area contributed by atoms with Crippen LogP contribution in [-0.2, 0) is 39.9 Å². The highest BCUT2D eigenvalue weighted by Gasteiger charge is 2.54. The highest BCUT2D eigenvalue weighted by atomic mass is 31.2. The van der Waals surface area contributed by atoms with E-state index in [-0.39, 0.29) is 61.2 Å². The first-order chi connectivity index (χ1) is 31.3. The Morgan fingerprint density at radius 1 is 0.909 bits per heavy atom. The maximum Gasteiger partial charge on any atom is 0.328 e. The summed E-state index contributed by atoms with van der Waals surface area (Å²) >= 11 is 0. The minimum absolute atomic E-state index is 0.00235. The van der Waals surface area contributed by atoms with Crippen molar-refractivity contribution in [3.63, 3.8) is 0 Å². The molecule has 358 valence electrons. The number of ether oxygens (including phenoxy) is 4. The van der Waals surface area contributed by atoms with E-state index in [0.29, 0.717) is 11.5 Å². The topological polar surface area (TPSA) is 176 Å². The van der Waals surface area contributed by atoms with Crippen molar-refractivity contribution in [3.8, 4) is 17.6 Å². The number of hydrogen-bond acceptors (Lipinski definition) is 12. The van der Waals surface area contributed by atoms with Gasteiger partial charge in [0.25, 0.3) is 14.1 Å². The Balaban J connectivity index is 1.77. The van der Waals surface area contributed by atoms with Crippen LogP contribution in [0, 0.1) is 11.3 Å². The van der Waals surface area contributed by atoms with Crippen molar-refractivity contribution in [2.75, 3.05) is 34.5 Å². The monoisotopic (exact) mass is 945 g/mol. The van der Waals surface area contributed by atoms with Crippen LogP contribution in [0.15, 0.2) is 94.6 Å². The molecule has 1 aliphatic heterocycles. The third-order valence-corrected chi connectivity index (χ3v) is 18.9. The van der Waals surface area contributed by atoms with Gasteiger partial charge in [-0.2, -0.15) is 5.26 Å². The molecule has 5 rings (SSSR count). The van der Waals surface area contributed by atoms with Crippen molar-refractivity contribution in [2.45, 2.75) is 128 Å². The van der Waals surface area contributed by atoms with E-state index in [9.17, 15) is 19.6 Å². The van der Waals surface area contributed by atoms with Gasteiger partial charge in [-0.05, 0) is 86.8 Å². The van der Waals surface area contributed by atoms with E-state index in [1.807, 2.05) is 78.9 Å². The van der Waals surface area contributed by atoms with Crippen LogP contribution >= 0.6 is 8.53 Å². The molecule has 3 aromatic carbocycles. The Labute approximate surface area is 391 Å². The second-order valence-electron chi connectivity index (χ2n) is 18.3. The molecule has 66 heavy (non-hydrogen) atoms. The number of methoxy groups -OCH3 is 2. The molecule has 0 radical (unpaired) electrons. The van der Waals surface area contributed by atoms with Gasteiger partial charge in [-0.3, -0.25) is 19.1 Å². The summed E-state index contributed by atoms with van der Waals surface area (Å²) in [6.07, 6.45) is -2.25. The molecule has 0 saturated carbocycles. The zero-order valence-corrected chi connectivity index (χ0v) is 42.3. The Bertz CT molecular complexity index is 2290. The smallest absolute Gasteiger partial charge is 0.328 e. The molecule has 2 N–H and O–H groups in total. The van der Waals surface area contributed by atoms with Crippen LogP contribution in [0.5, 0.6) is 11.5 Å². The van der Waals surface area contributed by atoms with Gasteiger partial charge in [0.05, 0.1) is 45.5 Å². The summed E-state index contributed by atoms with van der Waals surface area (Å²) in [6, 6.07) is 27.4. The third-order valence-electron chi connectivity index (χ3n) is 12.3. The molecule has 1 saturated heterocycles. The lowest BCUT2D eigenvalue weighted by Crippen LogP contribution is -2.50. The predicted octanol–water partition coefficient (Wildman–Crippen LogP) is 8.19. The maximum atomic E-state index is 14.1. The Morgan fingerprint density at radius 2 is 1.47 bits per heavy atom. The molecule has 0 bridgehead atoms. The van der Waals surface area contributed by atoms with Gasteiger partial charge in [-0.15, -0.1) is 0 Å². The lowest BCUT2D eigenvalue weighted by atomic mass is 9.80. The number of aryl methyl sites for hydroxylation is 1. The van der Waals surface area contributed by atoms with E-state index in [1.54, 1.807) is 14.2 Å². The molecule has 2 heterocycles. The fourth-order valence-corrected chi connectivity index (χ4v) is 10.9. The zero-order valence-electron chi connectivity index (χ0n) is 40.5. The molecule has 1 fully saturated rings. The fourth-order valence-electron chi connectivity index (χ4n) is 7.81. The van der Waals surface area contributed by atoms with Gasteiger partial charge >= 0.3 is 5.69 Å². The molecule has 0 aliphatic carbocycles. The number of aromatic nitrogens is 2. The third kappa shape index (κ3) is 12.1. The van der Waals surface area contributed by atoms with Gasteiger partial charge in [-0.25, -0.2) is 9.46 Å². The average molecular weight is 946 g/mol. The summed E-state index contributed by atoms with van der Waals surface area (Å²) in [7, 11) is 0.146. The fraction of sp³-hybridized carbons (Fsp3) is 0.510. The Kier molecular flexibility index (Phi) is 18.1. The molecular weight excluding hydrogens is 878 g/mol.